The summed E-state index contributed by atoms with van der Waals surface area (Å²) >= 11 is 0. The number of nitrogens with one attached hydrogen (secondary N) is 1. The molecule has 0 amide bonds. The molecule has 2 saturated heterocycles. The molecule has 0 unspecified atom stereocenters. The minimum Gasteiger partial charge on any atom is -0.381 e. The van der Waals surface area contributed by atoms with E-state index in [0.29, 0.717) is 6.10 Å². The lowest BCUT2D eigenvalue weighted by molar-refractivity contribution is -0.138. The van der Waals surface area contributed by atoms with Crippen molar-refractivity contribution in [2.75, 3.05) is 26.8 Å². The standard InChI is InChI=1S/C10H19NO2/c1-12-9-2-7-13-10(8-9)3-5-11-6-4-10/h9,11H,2-8H2,1H3/t9-/m0/s1. The summed E-state index contributed by atoms with van der Waals surface area (Å²) in [7, 11) is 1.81. The van der Waals surface area contributed by atoms with E-state index >= 15 is 0 Å². The summed E-state index contributed by atoms with van der Waals surface area (Å²) in [4.78, 5) is 0. The van der Waals surface area contributed by atoms with Gasteiger partial charge < -0.3 is 14.8 Å². The molecule has 0 saturated carbocycles. The van der Waals surface area contributed by atoms with E-state index in [9.17, 15) is 0 Å². The normalized spacial score (nSPS) is 33.5. The van der Waals surface area contributed by atoms with E-state index in [4.69, 9.17) is 9.47 Å². The third-order valence-electron chi connectivity index (χ3n) is 3.30. The molecule has 0 radical (unpaired) electrons. The van der Waals surface area contributed by atoms with E-state index in [1.807, 2.05) is 7.11 Å². The zero-order valence-corrected chi connectivity index (χ0v) is 8.34. The van der Waals surface area contributed by atoms with Gasteiger partial charge in [-0.15, -0.1) is 0 Å². The molecule has 2 aliphatic heterocycles. The van der Waals surface area contributed by atoms with E-state index < -0.39 is 0 Å². The van der Waals surface area contributed by atoms with Crippen LogP contribution in [0, 0.1) is 0 Å². The van der Waals surface area contributed by atoms with Crippen LogP contribution in [0.4, 0.5) is 0 Å². The second-order valence-corrected chi connectivity index (χ2v) is 4.13. The van der Waals surface area contributed by atoms with Gasteiger partial charge in [0, 0.05) is 20.1 Å². The van der Waals surface area contributed by atoms with Gasteiger partial charge in [0.05, 0.1) is 11.7 Å². The number of hydrogen-bond acceptors (Lipinski definition) is 3. The van der Waals surface area contributed by atoms with Gasteiger partial charge in [-0.25, -0.2) is 0 Å². The van der Waals surface area contributed by atoms with E-state index in [-0.39, 0.29) is 5.60 Å². The molecule has 76 valence electrons. The second kappa shape index (κ2) is 3.95. The molecule has 2 fully saturated rings. The van der Waals surface area contributed by atoms with Crippen molar-refractivity contribution < 1.29 is 9.47 Å². The van der Waals surface area contributed by atoms with Gasteiger partial charge in [-0.05, 0) is 32.4 Å². The molecule has 1 N–H and O–H groups in total. The highest BCUT2D eigenvalue weighted by atomic mass is 16.5. The minimum absolute atomic E-state index is 0.143. The van der Waals surface area contributed by atoms with Crippen LogP contribution in [-0.4, -0.2) is 38.5 Å². The number of piperidine rings is 1. The lowest BCUT2D eigenvalue weighted by Gasteiger charge is -2.43. The van der Waals surface area contributed by atoms with Crippen LogP contribution in [0.15, 0.2) is 0 Å². The maximum Gasteiger partial charge on any atom is 0.0731 e. The number of hydrogen-bond donors (Lipinski definition) is 1. The van der Waals surface area contributed by atoms with Crippen molar-refractivity contribution in [2.24, 2.45) is 0 Å². The monoisotopic (exact) mass is 185 g/mol. The topological polar surface area (TPSA) is 30.5 Å². The fourth-order valence-electron chi connectivity index (χ4n) is 2.41. The number of methoxy groups -OCH3 is 1. The van der Waals surface area contributed by atoms with E-state index in [2.05, 4.69) is 5.32 Å². The van der Waals surface area contributed by atoms with Gasteiger partial charge in [-0.1, -0.05) is 0 Å². The van der Waals surface area contributed by atoms with Crippen LogP contribution < -0.4 is 5.32 Å². The molecule has 3 heteroatoms. The summed E-state index contributed by atoms with van der Waals surface area (Å²) < 4.78 is 11.3. The lowest BCUT2D eigenvalue weighted by atomic mass is 9.84. The molecule has 13 heavy (non-hydrogen) atoms. The second-order valence-electron chi connectivity index (χ2n) is 4.13. The van der Waals surface area contributed by atoms with E-state index in [1.54, 1.807) is 0 Å². The third-order valence-corrected chi connectivity index (χ3v) is 3.30. The first-order valence-electron chi connectivity index (χ1n) is 5.22. The molecule has 0 aromatic heterocycles. The Morgan fingerprint density at radius 3 is 2.85 bits per heavy atom. The molecule has 2 heterocycles. The Kier molecular flexibility index (Phi) is 2.86. The van der Waals surface area contributed by atoms with Gasteiger partial charge in [-0.2, -0.15) is 0 Å². The lowest BCUT2D eigenvalue weighted by Crippen LogP contribution is -2.49. The first-order chi connectivity index (χ1) is 6.35. The molecule has 3 nitrogen and oxygen atoms in total. The van der Waals surface area contributed by atoms with Gasteiger partial charge in [0.1, 0.15) is 0 Å². The fourth-order valence-corrected chi connectivity index (χ4v) is 2.41. The van der Waals surface area contributed by atoms with Gasteiger partial charge in [0.25, 0.3) is 0 Å². The van der Waals surface area contributed by atoms with Crippen molar-refractivity contribution in [3.05, 3.63) is 0 Å². The summed E-state index contributed by atoms with van der Waals surface area (Å²) in [6.45, 7) is 3.06. The molecule has 1 atom stereocenters. The van der Waals surface area contributed by atoms with Gasteiger partial charge in [0.2, 0.25) is 0 Å². The maximum atomic E-state index is 5.92. The zero-order chi connectivity index (χ0) is 9.15. The zero-order valence-electron chi connectivity index (χ0n) is 8.34. The first-order valence-corrected chi connectivity index (χ1v) is 5.22. The Morgan fingerprint density at radius 2 is 2.15 bits per heavy atom. The molecule has 0 aromatic rings. The van der Waals surface area contributed by atoms with Crippen molar-refractivity contribution in [2.45, 2.75) is 37.4 Å². The smallest absolute Gasteiger partial charge is 0.0731 e. The summed E-state index contributed by atoms with van der Waals surface area (Å²) in [6, 6.07) is 0. The van der Waals surface area contributed by atoms with Gasteiger partial charge >= 0.3 is 0 Å². The van der Waals surface area contributed by atoms with Crippen LogP contribution in [0.1, 0.15) is 25.7 Å². The largest absolute Gasteiger partial charge is 0.381 e. The molecule has 2 aliphatic rings. The fraction of sp³-hybridized carbons (Fsp3) is 1.00. The molecule has 0 aliphatic carbocycles. The minimum atomic E-state index is 0.143. The van der Waals surface area contributed by atoms with Gasteiger partial charge in [0.15, 0.2) is 0 Å². The van der Waals surface area contributed by atoms with Gasteiger partial charge in [-0.3, -0.25) is 0 Å². The van der Waals surface area contributed by atoms with Crippen LogP contribution in [0.2, 0.25) is 0 Å². The van der Waals surface area contributed by atoms with Crippen molar-refractivity contribution in [3.8, 4) is 0 Å². The Labute approximate surface area is 79.8 Å². The SMILES string of the molecule is CO[C@H]1CCOC2(CCNCC2)C1. The molecule has 2 rings (SSSR count). The summed E-state index contributed by atoms with van der Waals surface area (Å²) in [6.07, 6.45) is 4.86. The molecular formula is C10H19NO2. The number of rotatable bonds is 1. The van der Waals surface area contributed by atoms with Crippen LogP contribution in [0.3, 0.4) is 0 Å². The average molecular weight is 185 g/mol. The van der Waals surface area contributed by atoms with Crippen LogP contribution in [0.5, 0.6) is 0 Å². The quantitative estimate of drug-likeness (QED) is 0.659. The van der Waals surface area contributed by atoms with E-state index in [1.165, 1.54) is 0 Å². The molecule has 0 aromatic carbocycles. The predicted octanol–water partition coefficient (Wildman–Crippen LogP) is 0.934. The summed E-state index contributed by atoms with van der Waals surface area (Å²) in [5, 5.41) is 3.37. The molecule has 1 spiro atoms. The highest BCUT2D eigenvalue weighted by Crippen LogP contribution is 2.33. The van der Waals surface area contributed by atoms with E-state index in [0.717, 1.165) is 45.4 Å². The van der Waals surface area contributed by atoms with Crippen molar-refractivity contribution in [3.63, 3.8) is 0 Å². The highest BCUT2D eigenvalue weighted by molar-refractivity contribution is 4.91. The van der Waals surface area contributed by atoms with Crippen molar-refractivity contribution in [1.29, 1.82) is 0 Å². The van der Waals surface area contributed by atoms with Crippen LogP contribution in [0.25, 0.3) is 0 Å². The molecule has 0 bridgehead atoms. The highest BCUT2D eigenvalue weighted by Gasteiger charge is 2.38. The van der Waals surface area contributed by atoms with Crippen LogP contribution >= 0.6 is 0 Å². The Bertz CT molecular complexity index is 161. The predicted molar refractivity (Wildman–Crippen MR) is 50.8 cm³/mol. The first kappa shape index (κ1) is 9.44. The van der Waals surface area contributed by atoms with Crippen LogP contribution in [-0.2, 0) is 9.47 Å². The van der Waals surface area contributed by atoms with Crippen molar-refractivity contribution >= 4 is 0 Å². The molecular weight excluding hydrogens is 166 g/mol. The Balaban J connectivity index is 1.95. The third kappa shape index (κ3) is 2.03. The average Bonchev–Trinajstić information content (AvgIpc) is 2.19. The summed E-state index contributed by atoms with van der Waals surface area (Å²) in [5.74, 6) is 0. The Morgan fingerprint density at radius 1 is 1.38 bits per heavy atom. The number of ether oxygens (including phenoxy) is 2. The summed E-state index contributed by atoms with van der Waals surface area (Å²) in [5.41, 5.74) is 0.143. The van der Waals surface area contributed by atoms with Crippen molar-refractivity contribution in [1.82, 2.24) is 5.32 Å². The Hall–Kier alpha value is -0.120. The maximum absolute atomic E-state index is 5.92.